The molecule has 3 rings (SSSR count). The smallest absolute Gasteiger partial charge is 0.360 e. The van der Waals surface area contributed by atoms with Crippen LogP contribution in [0.5, 0.6) is 0 Å². The summed E-state index contributed by atoms with van der Waals surface area (Å²) in [6, 6.07) is 17.2. The van der Waals surface area contributed by atoms with Crippen LogP contribution >= 0.6 is 15.9 Å². The van der Waals surface area contributed by atoms with E-state index < -0.39 is 5.97 Å². The summed E-state index contributed by atoms with van der Waals surface area (Å²) in [5, 5.41) is 18.1. The van der Waals surface area contributed by atoms with Crippen LogP contribution in [0.1, 0.15) is 23.0 Å². The monoisotopic (exact) mass is 400 g/mol. The molecule has 25 heavy (non-hydrogen) atoms. The SMILES string of the molecule is CCN(Cc1ccccc1)c1nn(-c2ccc(Br)cc2)nc1C(=O)O. The maximum absolute atomic E-state index is 11.6. The average molecular weight is 401 g/mol. The molecule has 0 radical (unpaired) electrons. The lowest BCUT2D eigenvalue weighted by Gasteiger charge is -2.20. The Balaban J connectivity index is 1.98. The van der Waals surface area contributed by atoms with E-state index >= 15 is 0 Å². The molecule has 2 aromatic carbocycles. The third-order valence-corrected chi connectivity index (χ3v) is 4.28. The second-order valence-electron chi connectivity index (χ2n) is 5.44. The molecular formula is C18H17BrN4O2. The molecule has 1 aromatic heterocycles. The lowest BCUT2D eigenvalue weighted by molar-refractivity contribution is 0.0690. The second-order valence-corrected chi connectivity index (χ2v) is 6.36. The van der Waals surface area contributed by atoms with Gasteiger partial charge in [-0.3, -0.25) is 0 Å². The number of aromatic nitrogens is 3. The molecule has 1 N–H and O–H groups in total. The Labute approximate surface area is 153 Å². The summed E-state index contributed by atoms with van der Waals surface area (Å²) in [4.78, 5) is 14.9. The van der Waals surface area contributed by atoms with Crippen molar-refractivity contribution in [1.29, 1.82) is 0 Å². The lowest BCUT2D eigenvalue weighted by Crippen LogP contribution is -2.24. The Morgan fingerprint density at radius 3 is 2.40 bits per heavy atom. The van der Waals surface area contributed by atoms with Crippen molar-refractivity contribution in [3.63, 3.8) is 0 Å². The Morgan fingerprint density at radius 1 is 1.12 bits per heavy atom. The first-order valence-electron chi connectivity index (χ1n) is 7.84. The van der Waals surface area contributed by atoms with Crippen molar-refractivity contribution in [2.45, 2.75) is 13.5 Å². The van der Waals surface area contributed by atoms with E-state index in [1.165, 1.54) is 4.80 Å². The Bertz CT molecular complexity index is 863. The minimum atomic E-state index is -1.09. The molecule has 0 aliphatic rings. The summed E-state index contributed by atoms with van der Waals surface area (Å²) < 4.78 is 0.932. The quantitative estimate of drug-likeness (QED) is 0.681. The van der Waals surface area contributed by atoms with Crippen molar-refractivity contribution in [2.75, 3.05) is 11.4 Å². The number of rotatable bonds is 6. The summed E-state index contributed by atoms with van der Waals surface area (Å²) in [6.07, 6.45) is 0. The molecule has 0 aliphatic carbocycles. The summed E-state index contributed by atoms with van der Waals surface area (Å²) in [5.74, 6) is -0.730. The van der Waals surface area contributed by atoms with E-state index in [0.29, 0.717) is 24.6 Å². The fourth-order valence-corrected chi connectivity index (χ4v) is 2.74. The highest BCUT2D eigenvalue weighted by atomic mass is 79.9. The van der Waals surface area contributed by atoms with Gasteiger partial charge < -0.3 is 10.0 Å². The molecule has 6 nitrogen and oxygen atoms in total. The van der Waals surface area contributed by atoms with Crippen molar-refractivity contribution >= 4 is 27.7 Å². The third-order valence-electron chi connectivity index (χ3n) is 3.75. The predicted octanol–water partition coefficient (Wildman–Crippen LogP) is 3.75. The highest BCUT2D eigenvalue weighted by molar-refractivity contribution is 9.10. The fourth-order valence-electron chi connectivity index (χ4n) is 2.48. The number of nitrogens with zero attached hydrogens (tertiary/aromatic N) is 4. The molecule has 7 heteroatoms. The van der Waals surface area contributed by atoms with Crippen LogP contribution in [0.2, 0.25) is 0 Å². The molecular weight excluding hydrogens is 384 g/mol. The number of hydrogen-bond acceptors (Lipinski definition) is 4. The molecule has 0 fully saturated rings. The number of hydrogen-bond donors (Lipinski definition) is 1. The second kappa shape index (κ2) is 7.48. The van der Waals surface area contributed by atoms with Crippen LogP contribution in [0.15, 0.2) is 59.1 Å². The van der Waals surface area contributed by atoms with Crippen LogP contribution in [0, 0.1) is 0 Å². The Morgan fingerprint density at radius 2 is 1.80 bits per heavy atom. The molecule has 0 unspecified atom stereocenters. The zero-order valence-electron chi connectivity index (χ0n) is 13.6. The fraction of sp³-hybridized carbons (Fsp3) is 0.167. The first-order chi connectivity index (χ1) is 12.1. The third kappa shape index (κ3) is 3.88. The number of carboxylic acid groups (broad SMARTS) is 1. The van der Waals surface area contributed by atoms with Crippen LogP contribution in [0.4, 0.5) is 5.82 Å². The highest BCUT2D eigenvalue weighted by Gasteiger charge is 2.23. The van der Waals surface area contributed by atoms with Gasteiger partial charge in [-0.15, -0.1) is 15.0 Å². The number of halogens is 1. The molecule has 0 saturated carbocycles. The van der Waals surface area contributed by atoms with Crippen molar-refractivity contribution in [3.05, 3.63) is 70.3 Å². The van der Waals surface area contributed by atoms with E-state index in [4.69, 9.17) is 0 Å². The lowest BCUT2D eigenvalue weighted by atomic mass is 10.2. The molecule has 128 valence electrons. The standard InChI is InChI=1S/C18H17BrN4O2/c1-2-22(12-13-6-4-3-5-7-13)17-16(18(24)25)20-23(21-17)15-10-8-14(19)9-11-15/h3-11H,2,12H2,1H3,(H,24,25). The van der Waals surface area contributed by atoms with E-state index in [1.54, 1.807) is 0 Å². The maximum Gasteiger partial charge on any atom is 0.360 e. The van der Waals surface area contributed by atoms with E-state index in [-0.39, 0.29) is 5.69 Å². The minimum Gasteiger partial charge on any atom is -0.476 e. The first kappa shape index (κ1) is 17.2. The van der Waals surface area contributed by atoms with Crippen LogP contribution in [-0.4, -0.2) is 32.6 Å². The Hall–Kier alpha value is -2.67. The van der Waals surface area contributed by atoms with Gasteiger partial charge in [-0.25, -0.2) is 4.79 Å². The number of benzene rings is 2. The van der Waals surface area contributed by atoms with Gasteiger partial charge in [-0.1, -0.05) is 46.3 Å². The molecule has 0 saturated heterocycles. The highest BCUT2D eigenvalue weighted by Crippen LogP contribution is 2.21. The van der Waals surface area contributed by atoms with Gasteiger partial charge in [0.25, 0.3) is 0 Å². The molecule has 0 spiro atoms. The van der Waals surface area contributed by atoms with Crippen molar-refractivity contribution in [2.24, 2.45) is 0 Å². The van der Waals surface area contributed by atoms with Crippen LogP contribution in [-0.2, 0) is 6.54 Å². The van der Waals surface area contributed by atoms with E-state index in [1.807, 2.05) is 66.4 Å². The summed E-state index contributed by atoms with van der Waals surface area (Å²) >= 11 is 3.38. The predicted molar refractivity (Wildman–Crippen MR) is 99.2 cm³/mol. The molecule has 3 aromatic rings. The van der Waals surface area contributed by atoms with Gasteiger partial charge in [0.15, 0.2) is 5.82 Å². The van der Waals surface area contributed by atoms with Gasteiger partial charge in [0.2, 0.25) is 5.69 Å². The van der Waals surface area contributed by atoms with Gasteiger partial charge >= 0.3 is 5.97 Å². The zero-order valence-corrected chi connectivity index (χ0v) is 15.2. The maximum atomic E-state index is 11.6. The van der Waals surface area contributed by atoms with Crippen LogP contribution < -0.4 is 4.90 Å². The van der Waals surface area contributed by atoms with Crippen LogP contribution in [0.25, 0.3) is 5.69 Å². The molecule has 0 aliphatic heterocycles. The minimum absolute atomic E-state index is 0.0549. The number of anilines is 1. The number of carbonyl (C=O) groups is 1. The van der Waals surface area contributed by atoms with E-state index in [2.05, 4.69) is 26.1 Å². The molecule has 0 bridgehead atoms. The Kier molecular flexibility index (Phi) is 5.14. The summed E-state index contributed by atoms with van der Waals surface area (Å²) in [7, 11) is 0. The molecule has 1 heterocycles. The molecule has 0 amide bonds. The van der Waals surface area contributed by atoms with Gasteiger partial charge in [-0.05, 0) is 36.8 Å². The summed E-state index contributed by atoms with van der Waals surface area (Å²) in [6.45, 7) is 3.15. The van der Waals surface area contributed by atoms with E-state index in [9.17, 15) is 9.90 Å². The normalized spacial score (nSPS) is 10.6. The summed E-state index contributed by atoms with van der Waals surface area (Å²) in [5.41, 5.74) is 1.73. The van der Waals surface area contributed by atoms with Crippen LogP contribution in [0.3, 0.4) is 0 Å². The van der Waals surface area contributed by atoms with Gasteiger partial charge in [0.05, 0.1) is 5.69 Å². The topological polar surface area (TPSA) is 71.2 Å². The first-order valence-corrected chi connectivity index (χ1v) is 8.63. The van der Waals surface area contributed by atoms with Gasteiger partial charge in [0.1, 0.15) is 0 Å². The van der Waals surface area contributed by atoms with Gasteiger partial charge in [0, 0.05) is 17.6 Å². The van der Waals surface area contributed by atoms with Crippen molar-refractivity contribution in [1.82, 2.24) is 15.0 Å². The molecule has 0 atom stereocenters. The average Bonchev–Trinajstić information content (AvgIpc) is 3.06. The number of aromatic carboxylic acids is 1. The number of carboxylic acids is 1. The van der Waals surface area contributed by atoms with Gasteiger partial charge in [-0.2, -0.15) is 0 Å². The van der Waals surface area contributed by atoms with E-state index in [0.717, 1.165) is 10.0 Å². The van der Waals surface area contributed by atoms with Crippen molar-refractivity contribution in [3.8, 4) is 5.69 Å². The largest absolute Gasteiger partial charge is 0.476 e. The van der Waals surface area contributed by atoms with Crippen molar-refractivity contribution < 1.29 is 9.90 Å². The zero-order chi connectivity index (χ0) is 17.8.